The molecule has 130 valence electrons. The molecule has 0 spiro atoms. The van der Waals surface area contributed by atoms with Crippen LogP contribution in [-0.4, -0.2) is 35.4 Å². The Labute approximate surface area is 144 Å². The number of nitrogens with zero attached hydrogens (tertiary/aromatic N) is 3. The second-order valence-corrected chi connectivity index (χ2v) is 8.78. The molecule has 1 aliphatic heterocycles. The van der Waals surface area contributed by atoms with Gasteiger partial charge in [0.2, 0.25) is 10.0 Å². The van der Waals surface area contributed by atoms with Crippen LogP contribution in [0.15, 0.2) is 36.5 Å². The number of imidazole rings is 1. The summed E-state index contributed by atoms with van der Waals surface area (Å²) in [6, 6.07) is 9.70. The van der Waals surface area contributed by atoms with E-state index < -0.39 is 10.0 Å². The van der Waals surface area contributed by atoms with Crippen LogP contribution in [0.3, 0.4) is 0 Å². The van der Waals surface area contributed by atoms with Gasteiger partial charge in [0, 0.05) is 36.9 Å². The van der Waals surface area contributed by atoms with Gasteiger partial charge in [-0.2, -0.15) is 0 Å². The summed E-state index contributed by atoms with van der Waals surface area (Å²) in [5.74, 6) is 1.25. The van der Waals surface area contributed by atoms with Crippen molar-refractivity contribution in [2.75, 3.05) is 13.1 Å². The van der Waals surface area contributed by atoms with Crippen LogP contribution in [0.25, 0.3) is 0 Å². The van der Waals surface area contributed by atoms with Crippen LogP contribution in [0.2, 0.25) is 0 Å². The predicted octanol–water partition coefficient (Wildman–Crippen LogP) is 3.09. The van der Waals surface area contributed by atoms with Gasteiger partial charge in [-0.15, -0.1) is 0 Å². The van der Waals surface area contributed by atoms with Gasteiger partial charge in [-0.1, -0.05) is 30.3 Å². The third kappa shape index (κ3) is 3.39. The molecule has 1 unspecified atom stereocenters. The molecule has 0 bridgehead atoms. The summed E-state index contributed by atoms with van der Waals surface area (Å²) in [7, 11) is -3.28. The van der Waals surface area contributed by atoms with Crippen LogP contribution in [0.1, 0.15) is 49.3 Å². The van der Waals surface area contributed by atoms with Gasteiger partial charge >= 0.3 is 0 Å². The standard InChI is InChI=1S/C18H25N3O2S/c1-14(2)21-15(3)11-19-18(21)17-9-10-20(12-17)24(22,23)13-16-7-5-4-6-8-16/h4-8,11,14,17H,9-10,12-13H2,1-3H3. The van der Waals surface area contributed by atoms with E-state index >= 15 is 0 Å². The van der Waals surface area contributed by atoms with E-state index in [0.717, 1.165) is 23.5 Å². The monoisotopic (exact) mass is 347 g/mol. The number of hydrogen-bond acceptors (Lipinski definition) is 3. The molecular formula is C18H25N3O2S. The fraction of sp³-hybridized carbons (Fsp3) is 0.500. The molecule has 2 heterocycles. The van der Waals surface area contributed by atoms with Crippen LogP contribution < -0.4 is 0 Å². The van der Waals surface area contributed by atoms with E-state index in [4.69, 9.17) is 0 Å². The first-order valence-electron chi connectivity index (χ1n) is 8.44. The van der Waals surface area contributed by atoms with E-state index in [9.17, 15) is 8.42 Å². The highest BCUT2D eigenvalue weighted by molar-refractivity contribution is 7.88. The molecule has 0 aliphatic carbocycles. The van der Waals surface area contributed by atoms with Crippen molar-refractivity contribution < 1.29 is 8.42 Å². The lowest BCUT2D eigenvalue weighted by molar-refractivity contribution is 0.464. The fourth-order valence-corrected chi connectivity index (χ4v) is 5.09. The van der Waals surface area contributed by atoms with Gasteiger partial charge in [0.05, 0.1) is 5.75 Å². The Morgan fingerprint density at radius 3 is 2.62 bits per heavy atom. The smallest absolute Gasteiger partial charge is 0.218 e. The minimum Gasteiger partial charge on any atom is -0.330 e. The summed E-state index contributed by atoms with van der Waals surface area (Å²) >= 11 is 0. The molecular weight excluding hydrogens is 322 g/mol. The van der Waals surface area contributed by atoms with Crippen molar-refractivity contribution in [2.45, 2.75) is 44.9 Å². The van der Waals surface area contributed by atoms with Crippen molar-refractivity contribution in [3.05, 3.63) is 53.6 Å². The van der Waals surface area contributed by atoms with E-state index in [1.165, 1.54) is 0 Å². The molecule has 2 aromatic rings. The van der Waals surface area contributed by atoms with Crippen LogP contribution in [-0.2, 0) is 15.8 Å². The quantitative estimate of drug-likeness (QED) is 0.835. The molecule has 1 aromatic carbocycles. The Kier molecular flexibility index (Phi) is 4.78. The van der Waals surface area contributed by atoms with Crippen molar-refractivity contribution in [3.63, 3.8) is 0 Å². The summed E-state index contributed by atoms with van der Waals surface area (Å²) in [6.07, 6.45) is 2.72. The maximum Gasteiger partial charge on any atom is 0.218 e. The van der Waals surface area contributed by atoms with Crippen LogP contribution in [0, 0.1) is 6.92 Å². The van der Waals surface area contributed by atoms with Crippen molar-refractivity contribution in [2.24, 2.45) is 0 Å². The first-order chi connectivity index (χ1) is 11.4. The van der Waals surface area contributed by atoms with Crippen molar-refractivity contribution >= 4 is 10.0 Å². The molecule has 0 N–H and O–H groups in total. The van der Waals surface area contributed by atoms with Gasteiger partial charge in [0.1, 0.15) is 5.82 Å². The number of benzene rings is 1. The van der Waals surface area contributed by atoms with Crippen LogP contribution in [0.4, 0.5) is 0 Å². The Bertz CT molecular complexity index is 797. The Morgan fingerprint density at radius 1 is 1.25 bits per heavy atom. The molecule has 0 saturated carbocycles. The zero-order chi connectivity index (χ0) is 17.3. The summed E-state index contributed by atoms with van der Waals surface area (Å²) < 4.78 is 29.2. The lowest BCUT2D eigenvalue weighted by atomic mass is 10.1. The average Bonchev–Trinajstić information content (AvgIpc) is 3.14. The second kappa shape index (κ2) is 6.69. The third-order valence-corrected chi connectivity index (χ3v) is 6.44. The highest BCUT2D eigenvalue weighted by Crippen LogP contribution is 2.31. The summed E-state index contributed by atoms with van der Waals surface area (Å²) in [6.45, 7) is 7.42. The molecule has 3 rings (SSSR count). The van der Waals surface area contributed by atoms with E-state index in [0.29, 0.717) is 19.1 Å². The Morgan fingerprint density at radius 2 is 1.96 bits per heavy atom. The maximum absolute atomic E-state index is 12.7. The molecule has 0 amide bonds. The molecule has 1 atom stereocenters. The first-order valence-corrected chi connectivity index (χ1v) is 10.0. The molecule has 1 aliphatic rings. The number of rotatable bonds is 5. The minimum absolute atomic E-state index is 0.0677. The van der Waals surface area contributed by atoms with Gasteiger partial charge in [-0.3, -0.25) is 0 Å². The third-order valence-electron chi connectivity index (χ3n) is 4.63. The highest BCUT2D eigenvalue weighted by atomic mass is 32.2. The van der Waals surface area contributed by atoms with Gasteiger partial charge in [0.15, 0.2) is 0 Å². The first kappa shape index (κ1) is 17.2. The molecule has 24 heavy (non-hydrogen) atoms. The normalized spacial score (nSPS) is 19.2. The zero-order valence-corrected chi connectivity index (χ0v) is 15.3. The summed E-state index contributed by atoms with van der Waals surface area (Å²) in [5, 5.41) is 0. The molecule has 5 nitrogen and oxygen atoms in total. The molecule has 6 heteroatoms. The fourth-order valence-electron chi connectivity index (χ4n) is 3.51. The largest absolute Gasteiger partial charge is 0.330 e. The van der Waals surface area contributed by atoms with Crippen molar-refractivity contribution in [3.8, 4) is 0 Å². The Balaban J connectivity index is 1.76. The van der Waals surface area contributed by atoms with E-state index in [1.54, 1.807) is 4.31 Å². The van der Waals surface area contributed by atoms with E-state index in [2.05, 4.69) is 30.3 Å². The maximum atomic E-state index is 12.7. The number of sulfonamides is 1. The highest BCUT2D eigenvalue weighted by Gasteiger charge is 2.34. The topological polar surface area (TPSA) is 55.2 Å². The number of aromatic nitrogens is 2. The van der Waals surface area contributed by atoms with E-state index in [-0.39, 0.29) is 11.7 Å². The van der Waals surface area contributed by atoms with Gasteiger partial charge in [-0.25, -0.2) is 17.7 Å². The average molecular weight is 347 g/mol. The van der Waals surface area contributed by atoms with Crippen molar-refractivity contribution in [1.82, 2.24) is 13.9 Å². The molecule has 1 saturated heterocycles. The number of aryl methyl sites for hydroxylation is 1. The van der Waals surface area contributed by atoms with Gasteiger partial charge in [-0.05, 0) is 32.8 Å². The van der Waals surface area contributed by atoms with Crippen LogP contribution >= 0.6 is 0 Å². The van der Waals surface area contributed by atoms with Crippen LogP contribution in [0.5, 0.6) is 0 Å². The SMILES string of the molecule is Cc1cnc(C2CCN(S(=O)(=O)Cc3ccccc3)C2)n1C(C)C. The van der Waals surface area contributed by atoms with E-state index in [1.807, 2.05) is 36.5 Å². The second-order valence-electron chi connectivity index (χ2n) is 6.81. The predicted molar refractivity (Wildman–Crippen MR) is 95.3 cm³/mol. The van der Waals surface area contributed by atoms with Crippen molar-refractivity contribution in [1.29, 1.82) is 0 Å². The zero-order valence-electron chi connectivity index (χ0n) is 14.5. The van der Waals surface area contributed by atoms with Gasteiger partial charge in [0.25, 0.3) is 0 Å². The summed E-state index contributed by atoms with van der Waals surface area (Å²) in [4.78, 5) is 4.56. The minimum atomic E-state index is -3.28. The molecule has 0 radical (unpaired) electrons. The number of hydrogen-bond donors (Lipinski definition) is 0. The van der Waals surface area contributed by atoms with Gasteiger partial charge < -0.3 is 4.57 Å². The lowest BCUT2D eigenvalue weighted by Crippen LogP contribution is -2.30. The summed E-state index contributed by atoms with van der Waals surface area (Å²) in [5.41, 5.74) is 1.96. The lowest BCUT2D eigenvalue weighted by Gasteiger charge is -2.19. The Hall–Kier alpha value is -1.66. The molecule has 1 aromatic heterocycles. The molecule has 1 fully saturated rings.